The molecule has 2 atom stereocenters. The third-order valence-electron chi connectivity index (χ3n) is 8.09. The van der Waals surface area contributed by atoms with E-state index in [4.69, 9.17) is 9.47 Å². The predicted octanol–water partition coefficient (Wildman–Crippen LogP) is 7.72. The first-order valence-corrected chi connectivity index (χ1v) is 17.0. The highest BCUT2D eigenvalue weighted by atomic mass is 32.2. The van der Waals surface area contributed by atoms with E-state index in [1.807, 2.05) is 62.4 Å². The number of anilines is 1. The summed E-state index contributed by atoms with van der Waals surface area (Å²) in [6.45, 7) is 4.52. The summed E-state index contributed by atoms with van der Waals surface area (Å²) in [6, 6.07) is 26.1. The fourth-order valence-electron chi connectivity index (χ4n) is 5.98. The quantitative estimate of drug-likeness (QED) is 0.0570. The van der Waals surface area contributed by atoms with E-state index in [0.29, 0.717) is 40.0 Å². The molecule has 0 radical (unpaired) electrons. The lowest BCUT2D eigenvalue weighted by atomic mass is 9.94. The van der Waals surface area contributed by atoms with Crippen molar-refractivity contribution in [2.24, 2.45) is 0 Å². The average Bonchev–Trinajstić information content (AvgIpc) is 3.77. The number of thioether (sulfide) groups is 1. The summed E-state index contributed by atoms with van der Waals surface area (Å²) in [5.41, 5.74) is 3.16. The normalized spacial score (nSPS) is 18.6. The van der Waals surface area contributed by atoms with E-state index in [0.717, 1.165) is 23.1 Å². The first-order valence-electron chi connectivity index (χ1n) is 15.2. The summed E-state index contributed by atoms with van der Waals surface area (Å²) in [4.78, 5) is 28.9. The number of amides is 1. The summed E-state index contributed by atoms with van der Waals surface area (Å²) in [6.07, 6.45) is 1.54. The maximum Gasteiger partial charge on any atom is 0.301 e. The van der Waals surface area contributed by atoms with Gasteiger partial charge < -0.3 is 14.6 Å². The number of aliphatic hydroxyl groups is 1. The van der Waals surface area contributed by atoms with Crippen molar-refractivity contribution in [3.63, 3.8) is 0 Å². The lowest BCUT2D eigenvalue weighted by Gasteiger charge is -2.23. The fourth-order valence-corrected chi connectivity index (χ4v) is 7.85. The van der Waals surface area contributed by atoms with Crippen LogP contribution in [0.5, 0.6) is 11.5 Å². The van der Waals surface area contributed by atoms with Crippen LogP contribution in [0.3, 0.4) is 0 Å². The summed E-state index contributed by atoms with van der Waals surface area (Å²) in [5, 5.41) is 23.1. The topological polar surface area (TPSA) is 102 Å². The van der Waals surface area contributed by atoms with Crippen molar-refractivity contribution in [1.82, 2.24) is 10.2 Å². The Bertz CT molecular complexity index is 2000. The third-order valence-corrected chi connectivity index (χ3v) is 10.2. The highest BCUT2D eigenvalue weighted by Crippen LogP contribution is 2.45. The molecule has 46 heavy (non-hydrogen) atoms. The van der Waals surface area contributed by atoms with E-state index in [1.165, 1.54) is 38.9 Å². The molecule has 232 valence electrons. The number of fused-ring (bicyclic) bond motifs is 2. The second kappa shape index (κ2) is 12.6. The Morgan fingerprint density at radius 1 is 1.04 bits per heavy atom. The lowest BCUT2D eigenvalue weighted by Crippen LogP contribution is -2.29. The van der Waals surface area contributed by atoms with Crippen molar-refractivity contribution < 1.29 is 24.2 Å². The number of Topliss-reactive ketones (excluding diaryl/α,β-unsaturated/α-hetero) is 1. The SMILES string of the molecule is CCCOc1cccc(C2/C(=C(\O)c3ccc4c(c3)CC(C)O4)C(=O)C(=O)N2c2nnc(SCc3cccc4ccccc34)s2)c1. The second-order valence-electron chi connectivity index (χ2n) is 11.3. The van der Waals surface area contributed by atoms with Gasteiger partial charge in [0.1, 0.15) is 23.4 Å². The van der Waals surface area contributed by atoms with E-state index >= 15 is 0 Å². The Hall–Kier alpha value is -4.67. The Kier molecular flexibility index (Phi) is 8.23. The Balaban J connectivity index is 1.26. The lowest BCUT2D eigenvalue weighted by molar-refractivity contribution is -0.132. The molecule has 4 aromatic carbocycles. The van der Waals surface area contributed by atoms with Crippen molar-refractivity contribution in [3.05, 3.63) is 113 Å². The van der Waals surface area contributed by atoms with Crippen molar-refractivity contribution in [3.8, 4) is 11.5 Å². The van der Waals surface area contributed by atoms with Crippen LogP contribution in [0.15, 0.2) is 94.8 Å². The van der Waals surface area contributed by atoms with Gasteiger partial charge in [-0.25, -0.2) is 0 Å². The van der Waals surface area contributed by atoms with Gasteiger partial charge >= 0.3 is 5.91 Å². The van der Waals surface area contributed by atoms with E-state index in [2.05, 4.69) is 34.5 Å². The van der Waals surface area contributed by atoms with Gasteiger partial charge in [0.2, 0.25) is 5.13 Å². The van der Waals surface area contributed by atoms with Gasteiger partial charge in [-0.05, 0) is 71.1 Å². The number of benzene rings is 4. The number of ketones is 1. The number of hydrogen-bond donors (Lipinski definition) is 1. The molecular weight excluding hydrogens is 619 g/mol. The number of aromatic nitrogens is 2. The molecule has 0 saturated carbocycles. The van der Waals surface area contributed by atoms with Gasteiger partial charge in [0.05, 0.1) is 18.2 Å². The van der Waals surface area contributed by atoms with Gasteiger partial charge in [0, 0.05) is 17.7 Å². The number of rotatable bonds is 9. The zero-order chi connectivity index (χ0) is 31.8. The van der Waals surface area contributed by atoms with Crippen molar-refractivity contribution >= 4 is 56.5 Å². The van der Waals surface area contributed by atoms with Crippen LogP contribution >= 0.6 is 23.1 Å². The molecule has 1 fully saturated rings. The molecule has 1 aromatic heterocycles. The van der Waals surface area contributed by atoms with Gasteiger partial charge in [0.15, 0.2) is 4.34 Å². The van der Waals surface area contributed by atoms with Gasteiger partial charge in [-0.2, -0.15) is 0 Å². The van der Waals surface area contributed by atoms with E-state index in [1.54, 1.807) is 12.1 Å². The number of carbonyl (C=O) groups is 2. The zero-order valence-electron chi connectivity index (χ0n) is 25.3. The number of ether oxygens (including phenoxy) is 2. The molecule has 1 N–H and O–H groups in total. The molecule has 2 aliphatic heterocycles. The predicted molar refractivity (Wildman–Crippen MR) is 181 cm³/mol. The largest absolute Gasteiger partial charge is 0.507 e. The van der Waals surface area contributed by atoms with Gasteiger partial charge in [-0.15, -0.1) is 10.2 Å². The average molecular weight is 650 g/mol. The molecule has 8 nitrogen and oxygen atoms in total. The number of hydrogen-bond acceptors (Lipinski definition) is 9. The highest BCUT2D eigenvalue weighted by Gasteiger charge is 2.48. The number of aliphatic hydroxyl groups excluding tert-OH is 1. The molecule has 0 bridgehead atoms. The summed E-state index contributed by atoms with van der Waals surface area (Å²) < 4.78 is 12.4. The smallest absolute Gasteiger partial charge is 0.301 e. The first-order chi connectivity index (χ1) is 22.4. The van der Waals surface area contributed by atoms with E-state index in [9.17, 15) is 14.7 Å². The van der Waals surface area contributed by atoms with Crippen molar-refractivity contribution in [2.45, 2.75) is 48.9 Å². The molecule has 7 rings (SSSR count). The minimum atomic E-state index is -0.933. The van der Waals surface area contributed by atoms with Crippen LogP contribution < -0.4 is 14.4 Å². The van der Waals surface area contributed by atoms with Crippen LogP contribution in [-0.2, 0) is 21.8 Å². The molecule has 0 aliphatic carbocycles. The van der Waals surface area contributed by atoms with E-state index in [-0.39, 0.29) is 22.6 Å². The van der Waals surface area contributed by atoms with Crippen LogP contribution in [0.1, 0.15) is 48.6 Å². The van der Waals surface area contributed by atoms with E-state index < -0.39 is 17.7 Å². The van der Waals surface area contributed by atoms with Crippen LogP contribution in [0.2, 0.25) is 0 Å². The van der Waals surface area contributed by atoms with Crippen LogP contribution in [0.4, 0.5) is 5.13 Å². The van der Waals surface area contributed by atoms with Gasteiger partial charge in [0.25, 0.3) is 5.78 Å². The molecule has 10 heteroatoms. The minimum absolute atomic E-state index is 0.00952. The minimum Gasteiger partial charge on any atom is -0.507 e. The van der Waals surface area contributed by atoms with Crippen molar-refractivity contribution in [1.29, 1.82) is 0 Å². The standard InChI is InChI=1S/C36H31N3O5S2/c1-3-16-43-27-12-7-10-23(19-27)31-30(32(40)24-14-15-29-26(18-24)17-21(2)44-29)33(41)34(42)39(31)35-37-38-36(46-35)45-20-25-11-6-9-22-8-4-5-13-28(22)25/h4-15,18-19,21,31,40H,3,16-17,20H2,1-2H3/b32-30+. The molecular formula is C36H31N3O5S2. The molecule has 1 amide bonds. The van der Waals surface area contributed by atoms with Gasteiger partial charge in [-0.3, -0.25) is 14.5 Å². The Labute approximate surface area is 274 Å². The zero-order valence-corrected chi connectivity index (χ0v) is 26.9. The number of carbonyl (C=O) groups excluding carboxylic acids is 2. The molecule has 3 heterocycles. The first kappa shape index (κ1) is 30.0. The summed E-state index contributed by atoms with van der Waals surface area (Å²) in [7, 11) is 0. The monoisotopic (exact) mass is 649 g/mol. The number of nitrogens with zero attached hydrogens (tertiary/aromatic N) is 3. The van der Waals surface area contributed by atoms with Crippen LogP contribution in [-0.4, -0.2) is 39.7 Å². The third kappa shape index (κ3) is 5.63. The van der Waals surface area contributed by atoms with Gasteiger partial charge in [-0.1, -0.05) is 84.6 Å². The maximum absolute atomic E-state index is 13.8. The summed E-state index contributed by atoms with van der Waals surface area (Å²) >= 11 is 2.77. The molecule has 2 aliphatic rings. The van der Waals surface area contributed by atoms with Crippen LogP contribution in [0.25, 0.3) is 16.5 Å². The molecule has 1 saturated heterocycles. The molecule has 5 aromatic rings. The fraction of sp³-hybridized carbons (Fsp3) is 0.222. The second-order valence-corrected chi connectivity index (χ2v) is 13.5. The Morgan fingerprint density at radius 2 is 1.87 bits per heavy atom. The maximum atomic E-state index is 13.8. The Morgan fingerprint density at radius 3 is 2.74 bits per heavy atom. The van der Waals surface area contributed by atoms with Crippen LogP contribution in [0, 0.1) is 0 Å². The van der Waals surface area contributed by atoms with Crippen molar-refractivity contribution in [2.75, 3.05) is 11.5 Å². The summed E-state index contributed by atoms with van der Waals surface area (Å²) in [5.74, 6) is 0.221. The molecule has 2 unspecified atom stereocenters. The molecule has 0 spiro atoms. The highest BCUT2D eigenvalue weighted by molar-refractivity contribution is 8.00.